The van der Waals surface area contributed by atoms with E-state index in [9.17, 15) is 8.42 Å². The van der Waals surface area contributed by atoms with Crippen LogP contribution in [0.3, 0.4) is 0 Å². The Morgan fingerprint density at radius 1 is 1.07 bits per heavy atom. The van der Waals surface area contributed by atoms with Crippen LogP contribution in [0.15, 0.2) is 53.5 Å². The normalized spacial score (nSPS) is 12.3. The zero-order valence-electron chi connectivity index (χ0n) is 17.9. The second-order valence-electron chi connectivity index (χ2n) is 7.54. The first-order chi connectivity index (χ1) is 13.7. The molecule has 0 atom stereocenters. The molecule has 0 aliphatic carbocycles. The summed E-state index contributed by atoms with van der Waals surface area (Å²) >= 11 is 0. The van der Waals surface area contributed by atoms with Gasteiger partial charge in [-0.3, -0.25) is 4.99 Å². The summed E-state index contributed by atoms with van der Waals surface area (Å²) in [5, 5.41) is 3.34. The number of aryl methyl sites for hydroxylation is 1. The average molecular weight is 417 g/mol. The third kappa shape index (κ3) is 7.51. The van der Waals surface area contributed by atoms with Crippen molar-refractivity contribution in [2.24, 2.45) is 4.99 Å². The fraction of sp³-hybridized carbons (Fsp3) is 0.409. The van der Waals surface area contributed by atoms with Crippen LogP contribution in [0, 0.1) is 6.92 Å². The minimum atomic E-state index is -3.38. The number of nitrogens with one attached hydrogen (secondary N) is 2. The lowest BCUT2D eigenvalue weighted by Crippen LogP contribution is -2.38. The predicted octanol–water partition coefficient (Wildman–Crippen LogP) is 3.03. The van der Waals surface area contributed by atoms with Gasteiger partial charge in [-0.2, -0.15) is 0 Å². The molecule has 0 spiro atoms. The Kier molecular flexibility index (Phi) is 8.22. The van der Waals surface area contributed by atoms with Crippen LogP contribution in [-0.4, -0.2) is 39.4 Å². The molecule has 0 aromatic heterocycles. The Morgan fingerprint density at radius 3 is 2.28 bits per heavy atom. The fourth-order valence-corrected chi connectivity index (χ4v) is 4.57. The number of rotatable bonds is 8. The Balaban J connectivity index is 2.05. The highest BCUT2D eigenvalue weighted by molar-refractivity contribution is 7.88. The molecule has 0 unspecified atom stereocenters. The molecular weight excluding hydrogens is 384 g/mol. The summed E-state index contributed by atoms with van der Waals surface area (Å²) in [6, 6.07) is 15.9. The lowest BCUT2D eigenvalue weighted by Gasteiger charge is -2.23. The summed E-state index contributed by atoms with van der Waals surface area (Å²) in [7, 11) is 0.352. The highest BCUT2D eigenvalue weighted by Gasteiger charge is 2.16. The summed E-state index contributed by atoms with van der Waals surface area (Å²) in [4.78, 5) is 6.41. The number of nitrogens with zero attached hydrogens (tertiary/aromatic N) is 2. The van der Waals surface area contributed by atoms with Crippen LogP contribution in [0.1, 0.15) is 36.1 Å². The van der Waals surface area contributed by atoms with Crippen LogP contribution in [0.5, 0.6) is 0 Å². The molecule has 29 heavy (non-hydrogen) atoms. The van der Waals surface area contributed by atoms with E-state index in [1.807, 2.05) is 50.1 Å². The molecule has 158 valence electrons. The van der Waals surface area contributed by atoms with Gasteiger partial charge >= 0.3 is 0 Å². The van der Waals surface area contributed by atoms with Gasteiger partial charge < -0.3 is 10.2 Å². The van der Waals surface area contributed by atoms with E-state index in [1.54, 1.807) is 7.05 Å². The van der Waals surface area contributed by atoms with Crippen molar-refractivity contribution in [2.75, 3.05) is 14.1 Å². The molecule has 0 amide bonds. The van der Waals surface area contributed by atoms with E-state index in [1.165, 1.54) is 11.1 Å². The third-order valence-electron chi connectivity index (χ3n) is 4.43. The van der Waals surface area contributed by atoms with E-state index in [0.717, 1.165) is 23.6 Å². The number of guanidine groups is 1. The molecule has 0 fully saturated rings. The van der Waals surface area contributed by atoms with Gasteiger partial charge in [0.25, 0.3) is 0 Å². The number of aliphatic imine (C=N–C) groups is 1. The van der Waals surface area contributed by atoms with Gasteiger partial charge in [0.2, 0.25) is 10.0 Å². The van der Waals surface area contributed by atoms with Crippen LogP contribution in [0.2, 0.25) is 0 Å². The van der Waals surface area contributed by atoms with Gasteiger partial charge in [-0.25, -0.2) is 13.1 Å². The molecule has 6 nitrogen and oxygen atoms in total. The van der Waals surface area contributed by atoms with Gasteiger partial charge in [-0.1, -0.05) is 54.1 Å². The summed E-state index contributed by atoms with van der Waals surface area (Å²) in [5.41, 5.74) is 4.15. The quantitative estimate of drug-likeness (QED) is 0.512. The Bertz CT molecular complexity index is 922. The van der Waals surface area contributed by atoms with E-state index in [2.05, 4.69) is 46.2 Å². The number of hydrogen-bond acceptors (Lipinski definition) is 3. The summed E-state index contributed by atoms with van der Waals surface area (Å²) in [6.45, 7) is 6.94. The molecule has 0 bridgehead atoms. The van der Waals surface area contributed by atoms with Gasteiger partial charge in [0.1, 0.15) is 0 Å². The van der Waals surface area contributed by atoms with E-state index in [-0.39, 0.29) is 11.8 Å². The highest BCUT2D eigenvalue weighted by atomic mass is 32.2. The monoisotopic (exact) mass is 416 g/mol. The zero-order chi connectivity index (χ0) is 21.4. The Hall–Kier alpha value is -2.38. The second kappa shape index (κ2) is 10.4. The largest absolute Gasteiger partial charge is 0.352 e. The van der Waals surface area contributed by atoms with Gasteiger partial charge in [0.05, 0.1) is 5.75 Å². The predicted molar refractivity (Wildman–Crippen MR) is 120 cm³/mol. The molecule has 0 heterocycles. The SMILES string of the molecule is CN=C(NCc1ccccc1CS(=O)(=O)NC(C)C)N(C)Cc1ccc(C)cc1. The minimum Gasteiger partial charge on any atom is -0.352 e. The maximum absolute atomic E-state index is 12.3. The summed E-state index contributed by atoms with van der Waals surface area (Å²) in [6.07, 6.45) is 0. The van der Waals surface area contributed by atoms with Crippen molar-refractivity contribution in [3.8, 4) is 0 Å². The van der Waals surface area contributed by atoms with E-state index >= 15 is 0 Å². The van der Waals surface area contributed by atoms with Crippen LogP contribution in [0.4, 0.5) is 0 Å². The van der Waals surface area contributed by atoms with E-state index in [0.29, 0.717) is 6.54 Å². The Labute approximate surface area is 175 Å². The molecule has 7 heteroatoms. The molecule has 2 rings (SSSR count). The molecule has 2 aromatic rings. The van der Waals surface area contributed by atoms with E-state index < -0.39 is 10.0 Å². The first-order valence-electron chi connectivity index (χ1n) is 9.74. The van der Waals surface area contributed by atoms with Gasteiger partial charge in [-0.15, -0.1) is 0 Å². The van der Waals surface area contributed by atoms with Crippen molar-refractivity contribution in [1.29, 1.82) is 0 Å². The van der Waals surface area contributed by atoms with Crippen molar-refractivity contribution >= 4 is 16.0 Å². The van der Waals surface area contributed by atoms with Crippen molar-refractivity contribution < 1.29 is 8.42 Å². The fourth-order valence-electron chi connectivity index (χ4n) is 3.08. The molecule has 0 radical (unpaired) electrons. The molecule has 0 aliphatic rings. The van der Waals surface area contributed by atoms with Crippen LogP contribution in [-0.2, 0) is 28.9 Å². The maximum atomic E-state index is 12.3. The molecule has 0 aliphatic heterocycles. The van der Waals surface area contributed by atoms with Gasteiger partial charge in [0.15, 0.2) is 5.96 Å². The van der Waals surface area contributed by atoms with Crippen LogP contribution < -0.4 is 10.0 Å². The summed E-state index contributed by atoms with van der Waals surface area (Å²) in [5.74, 6) is 0.712. The Morgan fingerprint density at radius 2 is 1.69 bits per heavy atom. The first-order valence-corrected chi connectivity index (χ1v) is 11.4. The minimum absolute atomic E-state index is 0.0408. The van der Waals surface area contributed by atoms with Gasteiger partial charge in [-0.05, 0) is 37.5 Å². The lowest BCUT2D eigenvalue weighted by molar-refractivity contribution is 0.476. The number of benzene rings is 2. The topological polar surface area (TPSA) is 73.8 Å². The highest BCUT2D eigenvalue weighted by Crippen LogP contribution is 2.13. The van der Waals surface area contributed by atoms with Gasteiger partial charge in [0, 0.05) is 33.2 Å². The van der Waals surface area contributed by atoms with E-state index in [4.69, 9.17) is 0 Å². The lowest BCUT2D eigenvalue weighted by atomic mass is 10.1. The third-order valence-corrected chi connectivity index (χ3v) is 5.95. The number of sulfonamides is 1. The molecule has 0 saturated heterocycles. The molecular formula is C22H32N4O2S. The maximum Gasteiger partial charge on any atom is 0.216 e. The molecule has 2 N–H and O–H groups in total. The smallest absolute Gasteiger partial charge is 0.216 e. The molecule has 0 saturated carbocycles. The van der Waals surface area contributed by atoms with Crippen molar-refractivity contribution in [2.45, 2.75) is 45.7 Å². The standard InChI is InChI=1S/C22H32N4O2S/c1-17(2)25-29(27,28)16-21-9-7-6-8-20(21)14-24-22(23-4)26(5)15-19-12-10-18(3)11-13-19/h6-13,17,25H,14-16H2,1-5H3,(H,23,24). The average Bonchev–Trinajstić information content (AvgIpc) is 2.64. The zero-order valence-corrected chi connectivity index (χ0v) is 18.8. The molecule has 2 aromatic carbocycles. The second-order valence-corrected chi connectivity index (χ2v) is 9.30. The van der Waals surface area contributed by atoms with Crippen molar-refractivity contribution in [1.82, 2.24) is 14.9 Å². The van der Waals surface area contributed by atoms with Crippen LogP contribution in [0.25, 0.3) is 0 Å². The van der Waals surface area contributed by atoms with Crippen LogP contribution >= 0.6 is 0 Å². The van der Waals surface area contributed by atoms with Crippen molar-refractivity contribution in [3.63, 3.8) is 0 Å². The summed E-state index contributed by atoms with van der Waals surface area (Å²) < 4.78 is 27.3. The van der Waals surface area contributed by atoms with Crippen molar-refractivity contribution in [3.05, 3.63) is 70.8 Å². The first kappa shape index (κ1) is 22.9. The number of hydrogen-bond donors (Lipinski definition) is 2.